The minimum absolute atomic E-state index is 0.109. The molecule has 1 aliphatic carbocycles. The lowest BCUT2D eigenvalue weighted by atomic mass is 9.80. The summed E-state index contributed by atoms with van der Waals surface area (Å²) in [4.78, 5) is 31.7. The third kappa shape index (κ3) is 3.45. The normalized spacial score (nSPS) is 30.3. The van der Waals surface area contributed by atoms with Crippen molar-refractivity contribution in [2.75, 3.05) is 13.1 Å². The molecule has 0 bridgehead atoms. The summed E-state index contributed by atoms with van der Waals surface area (Å²) in [7, 11) is 0. The Labute approximate surface area is 182 Å². The zero-order valence-electron chi connectivity index (χ0n) is 17.3. The Bertz CT molecular complexity index is 1020. The first kappa shape index (κ1) is 21.0. The number of likely N-dealkylation sites (tertiary alicyclic amines) is 1. The zero-order valence-corrected chi connectivity index (χ0v) is 17.3. The minimum Gasteiger partial charge on any atom is -0.344 e. The van der Waals surface area contributed by atoms with Crippen LogP contribution in [0.4, 0.5) is 13.2 Å². The number of aromatic nitrogens is 2. The average Bonchev–Trinajstić information content (AvgIpc) is 3.47. The first-order valence-electron chi connectivity index (χ1n) is 10.8. The van der Waals surface area contributed by atoms with E-state index in [4.69, 9.17) is 4.52 Å². The highest BCUT2D eigenvalue weighted by molar-refractivity contribution is 6.01. The number of halogens is 3. The molecular formula is C22H23F3N4O3. The number of amides is 2. The molecule has 170 valence electrons. The fourth-order valence-electron chi connectivity index (χ4n) is 5.45. The molecule has 2 aliphatic heterocycles. The summed E-state index contributed by atoms with van der Waals surface area (Å²) >= 11 is 0. The van der Waals surface area contributed by atoms with Gasteiger partial charge >= 0.3 is 6.18 Å². The van der Waals surface area contributed by atoms with Crippen molar-refractivity contribution in [2.24, 2.45) is 11.8 Å². The Morgan fingerprint density at radius 2 is 1.97 bits per heavy atom. The van der Waals surface area contributed by atoms with E-state index < -0.39 is 35.4 Å². The topological polar surface area (TPSA) is 88.3 Å². The van der Waals surface area contributed by atoms with Crippen LogP contribution in [0, 0.1) is 11.8 Å². The third-order valence-corrected chi connectivity index (χ3v) is 7.14. The van der Waals surface area contributed by atoms with Gasteiger partial charge in [0.15, 0.2) is 0 Å². The molecule has 10 heteroatoms. The van der Waals surface area contributed by atoms with Gasteiger partial charge in [-0.05, 0) is 31.6 Å². The maximum Gasteiger partial charge on any atom is 0.408 e. The molecule has 32 heavy (non-hydrogen) atoms. The summed E-state index contributed by atoms with van der Waals surface area (Å²) in [6.45, 7) is 0.772. The van der Waals surface area contributed by atoms with E-state index in [0.717, 1.165) is 24.8 Å². The largest absolute Gasteiger partial charge is 0.408 e. The van der Waals surface area contributed by atoms with Crippen LogP contribution in [-0.2, 0) is 15.0 Å². The minimum atomic E-state index is -4.51. The molecule has 1 saturated carbocycles. The number of alkyl halides is 3. The van der Waals surface area contributed by atoms with E-state index in [1.54, 1.807) is 4.90 Å². The highest BCUT2D eigenvalue weighted by Gasteiger charge is 2.56. The quantitative estimate of drug-likeness (QED) is 0.730. The number of fused-ring (bicyclic) bond motifs is 1. The van der Waals surface area contributed by atoms with Gasteiger partial charge in [0, 0.05) is 18.7 Å². The Hall–Kier alpha value is -2.91. The highest BCUT2D eigenvalue weighted by Crippen LogP contribution is 2.50. The molecule has 7 nitrogen and oxygen atoms in total. The van der Waals surface area contributed by atoms with Crippen molar-refractivity contribution in [3.8, 4) is 11.4 Å². The molecule has 2 amide bonds. The van der Waals surface area contributed by atoms with Crippen molar-refractivity contribution < 1.29 is 27.3 Å². The predicted octanol–water partition coefficient (Wildman–Crippen LogP) is 3.07. The molecule has 3 heterocycles. The number of nitrogens with zero attached hydrogens (tertiary/aromatic N) is 3. The highest BCUT2D eigenvalue weighted by atomic mass is 19.4. The van der Waals surface area contributed by atoms with Crippen LogP contribution < -0.4 is 5.32 Å². The summed E-state index contributed by atoms with van der Waals surface area (Å²) in [5.41, 5.74) is 0.354. The number of nitrogens with one attached hydrogen (secondary N) is 1. The molecule has 1 aromatic carbocycles. The van der Waals surface area contributed by atoms with Crippen molar-refractivity contribution >= 4 is 11.8 Å². The Kier molecular flexibility index (Phi) is 4.98. The van der Waals surface area contributed by atoms with Gasteiger partial charge in [-0.1, -0.05) is 41.9 Å². The Morgan fingerprint density at radius 3 is 2.69 bits per heavy atom. The molecule has 4 atom stereocenters. The van der Waals surface area contributed by atoms with Gasteiger partial charge in [-0.2, -0.15) is 18.2 Å². The molecule has 1 N–H and O–H groups in total. The van der Waals surface area contributed by atoms with Gasteiger partial charge < -0.3 is 14.7 Å². The summed E-state index contributed by atoms with van der Waals surface area (Å²) in [6, 6.07) is 7.55. The molecule has 2 aromatic rings. The van der Waals surface area contributed by atoms with E-state index >= 15 is 0 Å². The maximum atomic E-state index is 13.1. The van der Waals surface area contributed by atoms with Crippen molar-refractivity contribution in [3.05, 3.63) is 36.2 Å². The van der Waals surface area contributed by atoms with Crippen LogP contribution in [0.25, 0.3) is 11.4 Å². The maximum absolute atomic E-state index is 13.1. The van der Waals surface area contributed by atoms with E-state index in [0.29, 0.717) is 24.8 Å². The lowest BCUT2D eigenvalue weighted by Crippen LogP contribution is -2.55. The Balaban J connectivity index is 1.34. The van der Waals surface area contributed by atoms with E-state index in [9.17, 15) is 22.8 Å². The number of hydrogen-bond donors (Lipinski definition) is 1. The third-order valence-electron chi connectivity index (χ3n) is 7.14. The zero-order chi connectivity index (χ0) is 22.5. The molecule has 0 unspecified atom stereocenters. The van der Waals surface area contributed by atoms with E-state index in [1.165, 1.54) is 0 Å². The predicted molar refractivity (Wildman–Crippen MR) is 106 cm³/mol. The van der Waals surface area contributed by atoms with Crippen molar-refractivity contribution in [2.45, 2.75) is 49.7 Å². The monoisotopic (exact) mass is 448 g/mol. The number of piperidine rings is 1. The van der Waals surface area contributed by atoms with Crippen LogP contribution in [-0.4, -0.2) is 52.2 Å². The Morgan fingerprint density at radius 1 is 1.19 bits per heavy atom. The van der Waals surface area contributed by atoms with Gasteiger partial charge in [0.25, 0.3) is 0 Å². The first-order chi connectivity index (χ1) is 15.3. The van der Waals surface area contributed by atoms with Crippen LogP contribution in [0.1, 0.15) is 38.0 Å². The van der Waals surface area contributed by atoms with Crippen LogP contribution in [0.2, 0.25) is 0 Å². The molecule has 5 rings (SSSR count). The molecule has 0 spiro atoms. The molecule has 3 aliphatic rings. The summed E-state index contributed by atoms with van der Waals surface area (Å²) in [5.74, 6) is -1.27. The average molecular weight is 448 g/mol. The number of hydrogen-bond acceptors (Lipinski definition) is 5. The van der Waals surface area contributed by atoms with E-state index in [-0.39, 0.29) is 18.8 Å². The summed E-state index contributed by atoms with van der Waals surface area (Å²) in [6.07, 6.45) is -2.27. The van der Waals surface area contributed by atoms with Gasteiger partial charge in [-0.25, -0.2) is 0 Å². The second kappa shape index (κ2) is 7.60. The molecule has 2 saturated heterocycles. The lowest BCUT2D eigenvalue weighted by molar-refractivity contribution is -0.172. The second-order valence-corrected chi connectivity index (χ2v) is 8.99. The van der Waals surface area contributed by atoms with E-state index in [2.05, 4.69) is 10.1 Å². The van der Waals surface area contributed by atoms with Crippen molar-refractivity contribution in [3.63, 3.8) is 0 Å². The van der Waals surface area contributed by atoms with Crippen molar-refractivity contribution in [1.82, 2.24) is 20.4 Å². The van der Waals surface area contributed by atoms with Crippen molar-refractivity contribution in [1.29, 1.82) is 0 Å². The summed E-state index contributed by atoms with van der Waals surface area (Å²) in [5, 5.41) is 6.10. The molecule has 3 fully saturated rings. The van der Waals surface area contributed by atoms with Gasteiger partial charge in [-0.15, -0.1) is 0 Å². The first-order valence-corrected chi connectivity index (χ1v) is 10.8. The van der Waals surface area contributed by atoms with Gasteiger partial charge in [-0.3, -0.25) is 9.59 Å². The fourth-order valence-corrected chi connectivity index (χ4v) is 5.45. The molecule has 1 aromatic heterocycles. The van der Waals surface area contributed by atoms with Crippen LogP contribution in [0.3, 0.4) is 0 Å². The van der Waals surface area contributed by atoms with Gasteiger partial charge in [0.2, 0.25) is 23.5 Å². The number of benzene rings is 1. The second-order valence-electron chi connectivity index (χ2n) is 8.99. The lowest BCUT2D eigenvalue weighted by Gasteiger charge is -2.32. The number of rotatable bonds is 3. The van der Waals surface area contributed by atoms with Gasteiger partial charge in [0.1, 0.15) is 12.0 Å². The van der Waals surface area contributed by atoms with Crippen LogP contribution >= 0.6 is 0 Å². The van der Waals surface area contributed by atoms with Gasteiger partial charge in [0.05, 0.1) is 5.41 Å². The van der Waals surface area contributed by atoms with E-state index in [1.807, 2.05) is 35.6 Å². The summed E-state index contributed by atoms with van der Waals surface area (Å²) < 4.78 is 44.4. The number of carbonyl (C=O) groups is 2. The fraction of sp³-hybridized carbons (Fsp3) is 0.545. The van der Waals surface area contributed by atoms with Crippen LogP contribution in [0.5, 0.6) is 0 Å². The van der Waals surface area contributed by atoms with Crippen LogP contribution in [0.15, 0.2) is 34.9 Å². The molecule has 0 radical (unpaired) electrons. The molecular weight excluding hydrogens is 425 g/mol. The number of carbonyl (C=O) groups excluding carboxylic acids is 2. The SMILES string of the molecule is O=C1N[C@H](C(F)(F)F)CC[C@H]1C(=O)N1C[C@H]2CCC[C@@]2(c2nc(-c3ccccc3)no2)C1. The smallest absolute Gasteiger partial charge is 0.344 e. The standard InChI is InChI=1S/C22H23F3N4O3/c23-22(24,25)16-9-8-15(18(30)26-16)19(31)29-11-14-7-4-10-21(14,12-29)20-27-17(28-32-20)13-5-2-1-3-6-13/h1-3,5-6,14-16H,4,7-12H2,(H,26,30)/t14-,15-,16+,21-/m1/s1.